The first kappa shape index (κ1) is 19.7. The van der Waals surface area contributed by atoms with Crippen molar-refractivity contribution in [2.75, 3.05) is 21.9 Å². The van der Waals surface area contributed by atoms with Crippen LogP contribution in [0.25, 0.3) is 0 Å². The number of hydrogen-bond acceptors (Lipinski definition) is 6. The van der Waals surface area contributed by atoms with Crippen LogP contribution in [-0.2, 0) is 14.8 Å². The third-order valence-electron chi connectivity index (χ3n) is 6.10. The Balaban J connectivity index is 1.45. The van der Waals surface area contributed by atoms with Gasteiger partial charge in [-0.1, -0.05) is 0 Å². The summed E-state index contributed by atoms with van der Waals surface area (Å²) in [6.45, 7) is 2.37. The molecule has 0 radical (unpaired) electrons. The van der Waals surface area contributed by atoms with Gasteiger partial charge in [-0.3, -0.25) is 9.10 Å². The van der Waals surface area contributed by atoms with Gasteiger partial charge in [-0.15, -0.1) is 11.6 Å². The Hall–Kier alpha value is -1.61. The van der Waals surface area contributed by atoms with E-state index in [0.717, 1.165) is 25.7 Å². The summed E-state index contributed by atoms with van der Waals surface area (Å²) in [5.74, 6) is 1.08. The molecule has 0 spiro atoms. The molecule has 1 aromatic rings. The van der Waals surface area contributed by atoms with Crippen molar-refractivity contribution in [1.29, 1.82) is 0 Å². The van der Waals surface area contributed by atoms with Crippen molar-refractivity contribution < 1.29 is 13.2 Å². The SMILES string of the molecule is C[C@H](Nc1nccc(N2CCCS2(=O)=O)n1)C1CC2CC(Cl)CCC2NC1=O. The van der Waals surface area contributed by atoms with E-state index in [0.29, 0.717) is 30.6 Å². The van der Waals surface area contributed by atoms with E-state index in [1.54, 1.807) is 12.3 Å². The monoisotopic (exact) mass is 427 g/mol. The molecule has 1 aromatic heterocycles. The molecule has 2 N–H and O–H groups in total. The van der Waals surface area contributed by atoms with Crippen LogP contribution < -0.4 is 14.9 Å². The van der Waals surface area contributed by atoms with Gasteiger partial charge in [0, 0.05) is 36.3 Å². The van der Waals surface area contributed by atoms with Gasteiger partial charge in [0.05, 0.1) is 11.7 Å². The molecule has 1 aliphatic carbocycles. The van der Waals surface area contributed by atoms with Gasteiger partial charge >= 0.3 is 0 Å². The number of fused-ring (bicyclic) bond motifs is 1. The molecular formula is C18H26ClN5O3S. The van der Waals surface area contributed by atoms with Crippen LogP contribution >= 0.6 is 11.6 Å². The fourth-order valence-electron chi connectivity index (χ4n) is 4.57. The van der Waals surface area contributed by atoms with E-state index in [4.69, 9.17) is 11.6 Å². The summed E-state index contributed by atoms with van der Waals surface area (Å²) >= 11 is 6.33. The number of alkyl halides is 1. The summed E-state index contributed by atoms with van der Waals surface area (Å²) in [6, 6.07) is 1.65. The molecule has 28 heavy (non-hydrogen) atoms. The zero-order chi connectivity index (χ0) is 19.9. The maximum atomic E-state index is 12.6. The van der Waals surface area contributed by atoms with Gasteiger partial charge in [0.15, 0.2) is 0 Å². The maximum Gasteiger partial charge on any atom is 0.236 e. The molecule has 2 aliphatic heterocycles. The fourth-order valence-corrected chi connectivity index (χ4v) is 6.43. The quantitative estimate of drug-likeness (QED) is 0.709. The van der Waals surface area contributed by atoms with Crippen molar-refractivity contribution >= 4 is 39.3 Å². The third kappa shape index (κ3) is 3.91. The van der Waals surface area contributed by atoms with E-state index in [1.807, 2.05) is 6.92 Å². The van der Waals surface area contributed by atoms with E-state index in [1.165, 1.54) is 4.31 Å². The second-order valence-corrected chi connectivity index (χ2v) is 10.7. The third-order valence-corrected chi connectivity index (χ3v) is 8.34. The first-order valence-corrected chi connectivity index (χ1v) is 11.9. The first-order valence-electron chi connectivity index (χ1n) is 9.88. The van der Waals surface area contributed by atoms with Crippen molar-refractivity contribution in [3.8, 4) is 0 Å². The van der Waals surface area contributed by atoms with Crippen LogP contribution in [0.3, 0.4) is 0 Å². The summed E-state index contributed by atoms with van der Waals surface area (Å²) in [4.78, 5) is 21.2. The van der Waals surface area contributed by atoms with E-state index in [9.17, 15) is 13.2 Å². The molecule has 3 heterocycles. The summed E-state index contributed by atoms with van der Waals surface area (Å²) in [5.41, 5.74) is 0. The minimum absolute atomic E-state index is 0.0487. The number of piperidine rings is 1. The van der Waals surface area contributed by atoms with E-state index >= 15 is 0 Å². The van der Waals surface area contributed by atoms with Crippen LogP contribution in [0.1, 0.15) is 39.0 Å². The minimum Gasteiger partial charge on any atom is -0.353 e. The van der Waals surface area contributed by atoms with Crippen LogP contribution in [0, 0.1) is 11.8 Å². The number of carbonyl (C=O) groups is 1. The summed E-state index contributed by atoms with van der Waals surface area (Å²) in [7, 11) is -3.29. The van der Waals surface area contributed by atoms with Gasteiger partial charge in [0.1, 0.15) is 5.82 Å². The van der Waals surface area contributed by atoms with Crippen molar-refractivity contribution in [1.82, 2.24) is 15.3 Å². The van der Waals surface area contributed by atoms with Gasteiger partial charge in [0.25, 0.3) is 0 Å². The summed E-state index contributed by atoms with van der Waals surface area (Å²) in [6.07, 6.45) is 5.73. The Morgan fingerprint density at radius 2 is 2.18 bits per heavy atom. The lowest BCUT2D eigenvalue weighted by Gasteiger charge is -2.42. The maximum absolute atomic E-state index is 12.6. The van der Waals surface area contributed by atoms with E-state index < -0.39 is 10.0 Å². The normalized spacial score (nSPS) is 33.1. The van der Waals surface area contributed by atoms with Crippen molar-refractivity contribution in [2.45, 2.75) is 56.5 Å². The first-order chi connectivity index (χ1) is 13.3. The standard InChI is InChI=1S/C18H26ClN5O3S/c1-11(14-10-12-9-13(19)3-4-15(12)22-17(14)25)21-18-20-6-5-16(23-18)24-7-2-8-28(24,26)27/h5-6,11-15H,2-4,7-10H2,1H3,(H,22,25)(H,20,21,23)/t11-,12?,13?,14?,15?/m0/s1. The molecule has 0 bridgehead atoms. The number of sulfonamides is 1. The number of aromatic nitrogens is 2. The molecule has 0 aromatic carbocycles. The molecule has 154 valence electrons. The van der Waals surface area contributed by atoms with Gasteiger partial charge in [-0.25, -0.2) is 13.4 Å². The average molecular weight is 428 g/mol. The lowest BCUT2D eigenvalue weighted by molar-refractivity contribution is -0.130. The highest BCUT2D eigenvalue weighted by atomic mass is 35.5. The molecule has 10 heteroatoms. The predicted molar refractivity (Wildman–Crippen MR) is 108 cm³/mol. The Morgan fingerprint density at radius 1 is 1.36 bits per heavy atom. The van der Waals surface area contributed by atoms with Gasteiger partial charge in [0.2, 0.25) is 21.9 Å². The Kier molecular flexibility index (Phi) is 5.39. The number of nitrogens with one attached hydrogen (secondary N) is 2. The molecule has 3 fully saturated rings. The predicted octanol–water partition coefficient (Wildman–Crippen LogP) is 1.73. The Labute approximate surface area is 170 Å². The number of carbonyl (C=O) groups excluding carboxylic acids is 1. The smallest absolute Gasteiger partial charge is 0.236 e. The highest BCUT2D eigenvalue weighted by Crippen LogP contribution is 2.36. The molecule has 4 unspecified atom stereocenters. The minimum atomic E-state index is -3.29. The van der Waals surface area contributed by atoms with Gasteiger partial charge in [-0.2, -0.15) is 4.98 Å². The Morgan fingerprint density at radius 3 is 2.93 bits per heavy atom. The lowest BCUT2D eigenvalue weighted by atomic mass is 9.74. The highest BCUT2D eigenvalue weighted by Gasteiger charge is 2.41. The zero-order valence-electron chi connectivity index (χ0n) is 15.8. The zero-order valence-corrected chi connectivity index (χ0v) is 17.4. The van der Waals surface area contributed by atoms with Crippen molar-refractivity contribution in [2.24, 2.45) is 11.8 Å². The van der Waals surface area contributed by atoms with Crippen LogP contribution in [-0.4, -0.2) is 54.1 Å². The fraction of sp³-hybridized carbons (Fsp3) is 0.722. The number of hydrogen-bond donors (Lipinski definition) is 2. The summed E-state index contributed by atoms with van der Waals surface area (Å²) in [5, 5.41) is 6.54. The van der Waals surface area contributed by atoms with Crippen LogP contribution in [0.2, 0.25) is 0 Å². The number of rotatable bonds is 4. The second-order valence-electron chi connectivity index (χ2n) is 8.04. The molecule has 1 amide bonds. The molecule has 2 saturated heterocycles. The second kappa shape index (κ2) is 7.67. The van der Waals surface area contributed by atoms with Crippen LogP contribution in [0.15, 0.2) is 12.3 Å². The van der Waals surface area contributed by atoms with Crippen molar-refractivity contribution in [3.63, 3.8) is 0 Å². The lowest BCUT2D eigenvalue weighted by Crippen LogP contribution is -2.55. The van der Waals surface area contributed by atoms with Crippen molar-refractivity contribution in [3.05, 3.63) is 12.3 Å². The number of anilines is 2. The van der Waals surface area contributed by atoms with E-state index in [-0.39, 0.29) is 35.0 Å². The molecular weight excluding hydrogens is 402 g/mol. The number of amides is 1. The van der Waals surface area contributed by atoms with Crippen LogP contribution in [0.5, 0.6) is 0 Å². The highest BCUT2D eigenvalue weighted by molar-refractivity contribution is 7.93. The molecule has 1 saturated carbocycles. The molecule has 3 aliphatic rings. The number of nitrogens with zero attached hydrogens (tertiary/aromatic N) is 3. The summed E-state index contributed by atoms with van der Waals surface area (Å²) < 4.78 is 25.6. The van der Waals surface area contributed by atoms with Gasteiger partial charge in [-0.05, 0) is 44.9 Å². The average Bonchev–Trinajstić information content (AvgIpc) is 3.00. The number of halogens is 1. The largest absolute Gasteiger partial charge is 0.353 e. The van der Waals surface area contributed by atoms with Gasteiger partial charge < -0.3 is 10.6 Å². The molecule has 4 rings (SSSR count). The Bertz CT molecular complexity index is 851. The topological polar surface area (TPSA) is 104 Å². The van der Waals surface area contributed by atoms with E-state index in [2.05, 4.69) is 20.6 Å². The molecule has 5 atom stereocenters. The molecule has 8 nitrogen and oxygen atoms in total. The van der Waals surface area contributed by atoms with Crippen LogP contribution in [0.4, 0.5) is 11.8 Å².